The highest BCUT2D eigenvalue weighted by Gasteiger charge is 2.34. The zero-order chi connectivity index (χ0) is 29.9. The Morgan fingerprint density at radius 1 is 0.700 bits per heavy atom. The monoisotopic (exact) mass is 596 g/mol. The van der Waals surface area contributed by atoms with Crippen molar-refractivity contribution in [3.05, 3.63) is 89.5 Å². The van der Waals surface area contributed by atoms with Gasteiger partial charge < -0.3 is 19.7 Å². The van der Waals surface area contributed by atoms with Gasteiger partial charge in [-0.2, -0.15) is 13.2 Å². The van der Waals surface area contributed by atoms with Crippen LogP contribution in [0.25, 0.3) is 0 Å². The smallest absolute Gasteiger partial charge is 0.406 e. The summed E-state index contributed by atoms with van der Waals surface area (Å²) in [7, 11) is 0. The Hall–Kier alpha value is -3.68. The fourth-order valence-corrected chi connectivity index (χ4v) is 4.35. The standard InChI is InChI=1S/C26H21F9N2O2S/c1-15(17-6-3-10-21(12-17)38-25(30,31)32)37(16(2)18-7-4-11-22(13-18)39-26(33,34)35)23(40)36-20-9-5-8-19(14-20)24(27,28)29/h3-16H,1-2H3,(H,36,40). The van der Waals surface area contributed by atoms with Crippen LogP contribution >= 0.6 is 12.2 Å². The quantitative estimate of drug-likeness (QED) is 0.218. The molecular weight excluding hydrogens is 575 g/mol. The van der Waals surface area contributed by atoms with Crippen LogP contribution < -0.4 is 14.8 Å². The first-order valence-corrected chi connectivity index (χ1v) is 11.8. The maximum absolute atomic E-state index is 13.2. The molecule has 0 aliphatic carbocycles. The van der Waals surface area contributed by atoms with Crippen molar-refractivity contribution in [2.75, 3.05) is 5.32 Å². The van der Waals surface area contributed by atoms with Gasteiger partial charge in [0.15, 0.2) is 5.11 Å². The Kier molecular flexibility index (Phi) is 9.12. The van der Waals surface area contributed by atoms with E-state index in [1.165, 1.54) is 35.2 Å². The molecule has 0 saturated heterocycles. The average molecular weight is 597 g/mol. The summed E-state index contributed by atoms with van der Waals surface area (Å²) in [5.41, 5.74) is -0.455. The third kappa shape index (κ3) is 8.66. The lowest BCUT2D eigenvalue weighted by Crippen LogP contribution is -2.39. The fourth-order valence-electron chi connectivity index (χ4n) is 3.91. The molecule has 0 bridgehead atoms. The van der Waals surface area contributed by atoms with Gasteiger partial charge in [-0.05, 0) is 79.7 Å². The number of anilines is 1. The molecule has 0 aliphatic rings. The van der Waals surface area contributed by atoms with Gasteiger partial charge in [0.05, 0.1) is 17.6 Å². The molecule has 1 N–H and O–H groups in total. The van der Waals surface area contributed by atoms with Gasteiger partial charge in [0.2, 0.25) is 0 Å². The van der Waals surface area contributed by atoms with Crippen LogP contribution in [0.4, 0.5) is 45.2 Å². The van der Waals surface area contributed by atoms with Crippen LogP contribution in [0.2, 0.25) is 0 Å². The summed E-state index contributed by atoms with van der Waals surface area (Å²) in [6.07, 6.45) is -14.6. The number of hydrogen-bond acceptors (Lipinski definition) is 3. The molecule has 14 heteroatoms. The largest absolute Gasteiger partial charge is 0.573 e. The third-order valence-corrected chi connectivity index (χ3v) is 5.97. The molecule has 0 saturated carbocycles. The summed E-state index contributed by atoms with van der Waals surface area (Å²) in [5, 5.41) is 2.55. The van der Waals surface area contributed by atoms with Crippen LogP contribution in [0.1, 0.15) is 42.6 Å². The van der Waals surface area contributed by atoms with Crippen molar-refractivity contribution in [1.82, 2.24) is 4.90 Å². The Labute approximate surface area is 228 Å². The first-order chi connectivity index (χ1) is 18.4. The van der Waals surface area contributed by atoms with Crippen LogP contribution in [0.15, 0.2) is 72.8 Å². The molecule has 3 aromatic carbocycles. The molecular formula is C26H21F9N2O2S. The highest BCUT2D eigenvalue weighted by molar-refractivity contribution is 7.80. The van der Waals surface area contributed by atoms with Gasteiger partial charge in [-0.1, -0.05) is 30.3 Å². The van der Waals surface area contributed by atoms with Gasteiger partial charge in [0.25, 0.3) is 0 Å². The number of alkyl halides is 9. The highest BCUT2D eigenvalue weighted by Crippen LogP contribution is 2.36. The van der Waals surface area contributed by atoms with E-state index in [0.29, 0.717) is 0 Å². The van der Waals surface area contributed by atoms with E-state index in [9.17, 15) is 39.5 Å². The minimum atomic E-state index is -4.96. The molecule has 0 fully saturated rings. The van der Waals surface area contributed by atoms with Crippen LogP contribution in [-0.2, 0) is 6.18 Å². The lowest BCUT2D eigenvalue weighted by Gasteiger charge is -2.37. The maximum atomic E-state index is 13.2. The first-order valence-electron chi connectivity index (χ1n) is 11.4. The Bertz CT molecular complexity index is 1260. The van der Waals surface area contributed by atoms with Gasteiger partial charge >= 0.3 is 18.9 Å². The SMILES string of the molecule is CC(c1cccc(OC(F)(F)F)c1)N(C(=S)Nc1cccc(C(F)(F)F)c1)C(C)c1cccc(OC(F)(F)F)c1. The van der Waals surface area contributed by atoms with Crippen molar-refractivity contribution < 1.29 is 49.0 Å². The Morgan fingerprint density at radius 3 is 1.57 bits per heavy atom. The lowest BCUT2D eigenvalue weighted by molar-refractivity contribution is -0.275. The summed E-state index contributed by atoms with van der Waals surface area (Å²) >= 11 is 5.50. The molecule has 3 aromatic rings. The summed E-state index contributed by atoms with van der Waals surface area (Å²) in [4.78, 5) is 1.43. The maximum Gasteiger partial charge on any atom is 0.573 e. The normalized spacial score (nSPS) is 13.8. The van der Waals surface area contributed by atoms with E-state index >= 15 is 0 Å². The van der Waals surface area contributed by atoms with Crippen molar-refractivity contribution in [2.45, 2.75) is 44.8 Å². The molecule has 40 heavy (non-hydrogen) atoms. The molecule has 0 spiro atoms. The van der Waals surface area contributed by atoms with Crippen molar-refractivity contribution in [1.29, 1.82) is 0 Å². The second kappa shape index (κ2) is 11.8. The summed E-state index contributed by atoms with van der Waals surface area (Å²) in [6.45, 7) is 3.11. The zero-order valence-corrected chi connectivity index (χ0v) is 21.5. The zero-order valence-electron chi connectivity index (χ0n) is 20.7. The Morgan fingerprint density at radius 2 is 1.15 bits per heavy atom. The van der Waals surface area contributed by atoms with Crippen molar-refractivity contribution in [3.63, 3.8) is 0 Å². The van der Waals surface area contributed by atoms with E-state index < -0.39 is 48.0 Å². The number of hydrogen-bond donors (Lipinski definition) is 1. The van der Waals surface area contributed by atoms with Crippen LogP contribution in [-0.4, -0.2) is 22.7 Å². The number of nitrogens with zero attached hydrogens (tertiary/aromatic N) is 1. The number of halogens is 9. The average Bonchev–Trinajstić information content (AvgIpc) is 2.82. The molecule has 4 nitrogen and oxygen atoms in total. The van der Waals surface area contributed by atoms with Gasteiger partial charge in [-0.15, -0.1) is 26.3 Å². The summed E-state index contributed by atoms with van der Waals surface area (Å²) in [6, 6.07) is 12.4. The van der Waals surface area contributed by atoms with E-state index in [1.54, 1.807) is 13.8 Å². The molecule has 0 heterocycles. The Balaban J connectivity index is 2.01. The molecule has 2 unspecified atom stereocenters. The van der Waals surface area contributed by atoms with E-state index in [1.807, 2.05) is 0 Å². The van der Waals surface area contributed by atoms with Gasteiger partial charge in [0, 0.05) is 5.69 Å². The molecule has 0 aliphatic heterocycles. The van der Waals surface area contributed by atoms with Crippen molar-refractivity contribution in [2.24, 2.45) is 0 Å². The van der Waals surface area contributed by atoms with Crippen LogP contribution in [0.3, 0.4) is 0 Å². The number of benzene rings is 3. The molecule has 0 amide bonds. The summed E-state index contributed by atoms with van der Waals surface area (Å²) in [5.74, 6) is -1.05. The van der Waals surface area contributed by atoms with E-state index in [-0.39, 0.29) is 21.9 Å². The van der Waals surface area contributed by atoms with E-state index in [4.69, 9.17) is 12.2 Å². The second-order valence-electron chi connectivity index (χ2n) is 8.51. The summed E-state index contributed by atoms with van der Waals surface area (Å²) < 4.78 is 124. The predicted octanol–water partition coefficient (Wildman–Crippen LogP) is 9.02. The molecule has 3 rings (SSSR count). The minimum absolute atomic E-state index is 0.0347. The molecule has 216 valence electrons. The van der Waals surface area contributed by atoms with Gasteiger partial charge in [0.1, 0.15) is 11.5 Å². The molecule has 0 aromatic heterocycles. The van der Waals surface area contributed by atoms with E-state index in [2.05, 4.69) is 14.8 Å². The molecule has 0 radical (unpaired) electrons. The minimum Gasteiger partial charge on any atom is -0.406 e. The van der Waals surface area contributed by atoms with Crippen molar-refractivity contribution >= 4 is 23.0 Å². The van der Waals surface area contributed by atoms with E-state index in [0.717, 1.165) is 42.5 Å². The van der Waals surface area contributed by atoms with Crippen molar-refractivity contribution in [3.8, 4) is 11.5 Å². The fraction of sp³-hybridized carbons (Fsp3) is 0.269. The van der Waals surface area contributed by atoms with Crippen LogP contribution in [0, 0.1) is 0 Å². The second-order valence-corrected chi connectivity index (χ2v) is 8.90. The number of ether oxygens (including phenoxy) is 2. The topological polar surface area (TPSA) is 33.7 Å². The lowest BCUT2D eigenvalue weighted by atomic mass is 10.0. The predicted molar refractivity (Wildman–Crippen MR) is 133 cm³/mol. The number of nitrogens with one attached hydrogen (secondary N) is 1. The number of thiocarbonyl (C=S) groups is 1. The first kappa shape index (κ1) is 30.9. The van der Waals surface area contributed by atoms with Gasteiger partial charge in [-0.25, -0.2) is 0 Å². The highest BCUT2D eigenvalue weighted by atomic mass is 32.1. The molecule has 2 atom stereocenters. The third-order valence-electron chi connectivity index (χ3n) is 5.66. The van der Waals surface area contributed by atoms with Gasteiger partial charge in [-0.3, -0.25) is 0 Å². The number of rotatable bonds is 7. The van der Waals surface area contributed by atoms with Crippen LogP contribution in [0.5, 0.6) is 11.5 Å².